The molecule has 0 aliphatic heterocycles. The molecule has 3 rings (SSSR count). The maximum Gasteiger partial charge on any atom is 0.264 e. The van der Waals surface area contributed by atoms with Crippen molar-refractivity contribution in [3.8, 4) is 11.1 Å². The average molecular weight is 648 g/mol. The predicted molar refractivity (Wildman–Crippen MR) is 164 cm³/mol. The van der Waals surface area contributed by atoms with E-state index in [9.17, 15) is 27.9 Å². The van der Waals surface area contributed by atoms with Crippen LogP contribution in [0.3, 0.4) is 0 Å². The van der Waals surface area contributed by atoms with Crippen LogP contribution in [-0.2, 0) is 44.0 Å². The minimum absolute atomic E-state index is 0.0616. The zero-order valence-corrected chi connectivity index (χ0v) is 26.4. The van der Waals surface area contributed by atoms with E-state index in [0.717, 1.165) is 24.2 Å². The number of unbranched alkanes of at least 4 members (excludes halogenated alkanes) is 1. The van der Waals surface area contributed by atoms with Gasteiger partial charge in [-0.3, -0.25) is 19.6 Å². The van der Waals surface area contributed by atoms with Gasteiger partial charge < -0.3 is 15.0 Å². The Hall–Kier alpha value is -3.78. The average Bonchev–Trinajstić information content (AvgIpc) is 3.30. The second-order valence-corrected chi connectivity index (χ2v) is 12.7. The number of hydroxylamine groups is 1. The molecular formula is C30H38ClN5O7S. The summed E-state index contributed by atoms with van der Waals surface area (Å²) in [7, 11) is -4.35. The van der Waals surface area contributed by atoms with Crippen molar-refractivity contribution < 1.29 is 33.1 Å². The van der Waals surface area contributed by atoms with Gasteiger partial charge in [-0.15, -0.1) is 0 Å². The first-order valence-electron chi connectivity index (χ1n) is 14.2. The van der Waals surface area contributed by atoms with Gasteiger partial charge in [0.1, 0.15) is 11.7 Å². The van der Waals surface area contributed by atoms with Crippen LogP contribution in [0.4, 0.5) is 0 Å². The Morgan fingerprint density at radius 1 is 1.05 bits per heavy atom. The third-order valence-corrected chi connectivity index (χ3v) is 8.64. The summed E-state index contributed by atoms with van der Waals surface area (Å²) in [6.07, 6.45) is 2.73. The number of amides is 3. The number of carbonyl (C=O) groups excluding carboxylic acids is 3. The van der Waals surface area contributed by atoms with Crippen molar-refractivity contribution in [1.29, 1.82) is 0 Å². The third-order valence-electron chi connectivity index (χ3n) is 6.91. The molecule has 12 nitrogen and oxygen atoms in total. The molecule has 238 valence electrons. The van der Waals surface area contributed by atoms with E-state index >= 15 is 0 Å². The number of aliphatic hydroxyl groups excluding tert-OH is 1. The molecule has 3 amide bonds. The Bertz CT molecular complexity index is 1570. The van der Waals surface area contributed by atoms with Gasteiger partial charge in [0.15, 0.2) is 5.15 Å². The van der Waals surface area contributed by atoms with E-state index in [0.29, 0.717) is 29.8 Å². The van der Waals surface area contributed by atoms with Crippen LogP contribution in [-0.4, -0.2) is 52.5 Å². The van der Waals surface area contributed by atoms with Crippen molar-refractivity contribution in [1.82, 2.24) is 25.1 Å². The summed E-state index contributed by atoms with van der Waals surface area (Å²) in [5.74, 6) is -3.29. The molecule has 14 heteroatoms. The smallest absolute Gasteiger partial charge is 0.264 e. The summed E-state index contributed by atoms with van der Waals surface area (Å²) in [6, 6.07) is 13.4. The van der Waals surface area contributed by atoms with Gasteiger partial charge in [0.25, 0.3) is 21.8 Å². The molecule has 0 bridgehead atoms. The largest absolute Gasteiger partial charge is 0.390 e. The van der Waals surface area contributed by atoms with Gasteiger partial charge in [0, 0.05) is 18.5 Å². The first kappa shape index (κ1) is 34.7. The second-order valence-electron chi connectivity index (χ2n) is 10.7. The number of nitrogens with zero attached hydrogens (tertiary/aromatic N) is 2. The number of benzene rings is 2. The Labute approximate surface area is 261 Å². The molecule has 0 fully saturated rings. The summed E-state index contributed by atoms with van der Waals surface area (Å²) in [5.41, 5.74) is 3.78. The highest BCUT2D eigenvalue weighted by molar-refractivity contribution is 7.90. The topological polar surface area (TPSA) is 180 Å². The van der Waals surface area contributed by atoms with Crippen molar-refractivity contribution in [2.24, 2.45) is 11.8 Å². The van der Waals surface area contributed by atoms with Crippen LogP contribution in [0.5, 0.6) is 0 Å². The fourth-order valence-corrected chi connectivity index (χ4v) is 6.17. The van der Waals surface area contributed by atoms with Gasteiger partial charge in [0.05, 0.1) is 23.7 Å². The molecule has 5 N–H and O–H groups in total. The lowest BCUT2D eigenvalue weighted by Crippen LogP contribution is -2.45. The Morgan fingerprint density at radius 2 is 1.73 bits per heavy atom. The minimum atomic E-state index is -4.35. The highest BCUT2D eigenvalue weighted by Crippen LogP contribution is 2.28. The molecular weight excluding hydrogens is 610 g/mol. The van der Waals surface area contributed by atoms with Gasteiger partial charge >= 0.3 is 0 Å². The summed E-state index contributed by atoms with van der Waals surface area (Å²) in [5, 5.41) is 21.3. The highest BCUT2D eigenvalue weighted by atomic mass is 35.5. The Morgan fingerprint density at radius 3 is 2.34 bits per heavy atom. The first-order chi connectivity index (χ1) is 20.9. The Balaban J connectivity index is 1.76. The lowest BCUT2D eigenvalue weighted by atomic mass is 9.95. The van der Waals surface area contributed by atoms with Crippen molar-refractivity contribution in [2.45, 2.75) is 64.5 Å². The molecule has 0 spiro atoms. The van der Waals surface area contributed by atoms with Crippen LogP contribution in [0.15, 0.2) is 53.4 Å². The van der Waals surface area contributed by atoms with E-state index in [2.05, 4.69) is 17.2 Å². The molecule has 1 heterocycles. The number of rotatable bonds is 15. The zero-order chi connectivity index (χ0) is 32.4. The second kappa shape index (κ2) is 15.8. The van der Waals surface area contributed by atoms with Crippen molar-refractivity contribution in [3.05, 3.63) is 70.8 Å². The number of aryl methyl sites for hydroxylation is 1. The van der Waals surface area contributed by atoms with E-state index in [4.69, 9.17) is 16.8 Å². The normalized spacial score (nSPS) is 12.2. The summed E-state index contributed by atoms with van der Waals surface area (Å²) >= 11 is 6.26. The van der Waals surface area contributed by atoms with E-state index in [1.165, 1.54) is 17.6 Å². The summed E-state index contributed by atoms with van der Waals surface area (Å²) in [4.78, 5) is 41.2. The van der Waals surface area contributed by atoms with Crippen molar-refractivity contribution in [3.63, 3.8) is 0 Å². The van der Waals surface area contributed by atoms with Crippen molar-refractivity contribution >= 4 is 39.3 Å². The van der Waals surface area contributed by atoms with Crippen LogP contribution < -0.4 is 15.5 Å². The first-order valence-corrected chi connectivity index (χ1v) is 16.1. The summed E-state index contributed by atoms with van der Waals surface area (Å²) in [6.45, 7) is 5.09. The standard InChI is InChI=1S/C30H38ClN5O7S/c1-4-5-10-26-33-28(31)24(18-37)36(26)17-20-11-13-21(14-12-20)22-8-6-7-9-25(22)44(42,43)35-27(38)16-32-29(39)23(15-19(2)3)30(40)34-41/h6-9,11-14,19,23,37,41H,4-5,10,15-18H2,1-3H3,(H,32,39)(H,34,40)(H,35,38). The van der Waals surface area contributed by atoms with E-state index < -0.39 is 40.2 Å². The van der Waals surface area contributed by atoms with Gasteiger partial charge in [-0.05, 0) is 36.0 Å². The van der Waals surface area contributed by atoms with E-state index in [-0.39, 0.29) is 29.0 Å². The molecule has 0 saturated heterocycles. The number of imidazole rings is 1. The minimum Gasteiger partial charge on any atom is -0.390 e. The maximum atomic E-state index is 13.2. The van der Waals surface area contributed by atoms with Crippen molar-refractivity contribution in [2.75, 3.05) is 6.54 Å². The van der Waals surface area contributed by atoms with Crippen LogP contribution in [0, 0.1) is 11.8 Å². The van der Waals surface area contributed by atoms with Crippen LogP contribution in [0.2, 0.25) is 5.15 Å². The van der Waals surface area contributed by atoms with Gasteiger partial charge in [0.2, 0.25) is 5.91 Å². The number of hydrogen-bond donors (Lipinski definition) is 5. The quantitative estimate of drug-likeness (QED) is 0.0948. The number of carbonyl (C=O) groups is 3. The number of hydrogen-bond acceptors (Lipinski definition) is 8. The lowest BCUT2D eigenvalue weighted by molar-refractivity contribution is -0.142. The summed E-state index contributed by atoms with van der Waals surface area (Å²) < 4.78 is 30.3. The number of halogens is 1. The number of nitrogens with one attached hydrogen (secondary N) is 3. The highest BCUT2D eigenvalue weighted by Gasteiger charge is 2.28. The van der Waals surface area contributed by atoms with Crippen LogP contribution in [0.25, 0.3) is 11.1 Å². The molecule has 2 aromatic carbocycles. The Kier molecular flexibility index (Phi) is 12.5. The fourth-order valence-electron chi connectivity index (χ4n) is 4.69. The van der Waals surface area contributed by atoms with Gasteiger partial charge in [-0.2, -0.15) is 0 Å². The molecule has 1 aromatic heterocycles. The molecule has 3 aromatic rings. The number of aromatic nitrogens is 2. The molecule has 1 unspecified atom stereocenters. The maximum absolute atomic E-state index is 13.2. The van der Waals surface area contributed by atoms with E-state index in [1.54, 1.807) is 38.1 Å². The van der Waals surface area contributed by atoms with Crippen LogP contribution in [0.1, 0.15) is 57.1 Å². The third kappa shape index (κ3) is 8.88. The predicted octanol–water partition coefficient (Wildman–Crippen LogP) is 3.18. The molecule has 0 aliphatic carbocycles. The molecule has 1 atom stereocenters. The molecule has 44 heavy (non-hydrogen) atoms. The number of aliphatic hydroxyl groups is 1. The zero-order valence-electron chi connectivity index (χ0n) is 24.8. The molecule has 0 aliphatic rings. The molecule has 0 radical (unpaired) electrons. The SMILES string of the molecule is CCCCc1nc(Cl)c(CO)n1Cc1ccc(-c2ccccc2S(=O)(=O)NC(=O)CNC(=O)C(CC(C)C)C(=O)NO)cc1. The number of sulfonamides is 1. The lowest BCUT2D eigenvalue weighted by Gasteiger charge is -2.17. The fraction of sp³-hybridized carbons (Fsp3) is 0.400. The monoisotopic (exact) mass is 647 g/mol. The van der Waals surface area contributed by atoms with Crippen LogP contribution >= 0.6 is 11.6 Å². The van der Waals surface area contributed by atoms with Gasteiger partial charge in [-0.1, -0.05) is 81.3 Å². The van der Waals surface area contributed by atoms with Gasteiger partial charge in [-0.25, -0.2) is 23.6 Å². The van der Waals surface area contributed by atoms with E-state index in [1.807, 2.05) is 21.4 Å². The molecule has 0 saturated carbocycles.